The lowest BCUT2D eigenvalue weighted by Crippen LogP contribution is -2.37. The highest BCUT2D eigenvalue weighted by Gasteiger charge is 2.17. The smallest absolute Gasteiger partial charge is 0.270 e. The molecule has 8 nitrogen and oxygen atoms in total. The van der Waals surface area contributed by atoms with Gasteiger partial charge < -0.3 is 4.90 Å². The van der Waals surface area contributed by atoms with E-state index in [1.54, 1.807) is 12.1 Å². The van der Waals surface area contributed by atoms with Gasteiger partial charge in [-0.1, -0.05) is 12.1 Å². The van der Waals surface area contributed by atoms with Crippen LogP contribution in [0.25, 0.3) is 11.4 Å². The van der Waals surface area contributed by atoms with Crippen molar-refractivity contribution < 1.29 is 9.72 Å². The number of amides is 1. The van der Waals surface area contributed by atoms with Gasteiger partial charge in [0.1, 0.15) is 12.9 Å². The quantitative estimate of drug-likeness (QED) is 0.634. The molecule has 0 atom stereocenters. The first-order valence-corrected chi connectivity index (χ1v) is 7.55. The molecule has 2 aromatic rings. The molecule has 23 heavy (non-hydrogen) atoms. The van der Waals surface area contributed by atoms with Gasteiger partial charge in [0.05, 0.1) is 4.92 Å². The number of nitrogens with zero attached hydrogens (tertiary/aromatic N) is 5. The third-order valence-electron chi connectivity index (χ3n) is 3.86. The molecule has 3 rings (SSSR count). The predicted octanol–water partition coefficient (Wildman–Crippen LogP) is 1.87. The van der Waals surface area contributed by atoms with Crippen molar-refractivity contribution in [1.82, 2.24) is 19.7 Å². The molecule has 1 aliphatic rings. The largest absolute Gasteiger partial charge is 0.341 e. The lowest BCUT2D eigenvalue weighted by Gasteiger charge is -2.26. The Hall–Kier alpha value is -2.77. The second-order valence-corrected chi connectivity index (χ2v) is 5.51. The van der Waals surface area contributed by atoms with Crippen molar-refractivity contribution >= 4 is 11.6 Å². The van der Waals surface area contributed by atoms with Crippen molar-refractivity contribution in [2.24, 2.45) is 0 Å². The van der Waals surface area contributed by atoms with Gasteiger partial charge in [0.15, 0.2) is 5.82 Å². The predicted molar refractivity (Wildman–Crippen MR) is 82.5 cm³/mol. The number of rotatable bonds is 4. The van der Waals surface area contributed by atoms with Crippen LogP contribution < -0.4 is 0 Å². The molecule has 1 aromatic carbocycles. The number of benzene rings is 1. The van der Waals surface area contributed by atoms with E-state index in [2.05, 4.69) is 10.1 Å². The average molecular weight is 315 g/mol. The van der Waals surface area contributed by atoms with Crippen LogP contribution in [0, 0.1) is 10.1 Å². The summed E-state index contributed by atoms with van der Waals surface area (Å²) in [6.45, 7) is 1.73. The Morgan fingerprint density at radius 3 is 2.78 bits per heavy atom. The number of nitro benzene ring substituents is 1. The molecule has 1 saturated heterocycles. The van der Waals surface area contributed by atoms with Gasteiger partial charge in [-0.2, -0.15) is 5.10 Å². The van der Waals surface area contributed by atoms with Crippen LogP contribution in [0.2, 0.25) is 0 Å². The van der Waals surface area contributed by atoms with E-state index >= 15 is 0 Å². The molecular formula is C15H17N5O3. The fraction of sp³-hybridized carbons (Fsp3) is 0.400. The fourth-order valence-electron chi connectivity index (χ4n) is 2.64. The SMILES string of the molecule is O=C(Cn1cnc(-c2cccc([N+](=O)[O-])c2)n1)N1CCCCC1. The molecular weight excluding hydrogens is 298 g/mol. The molecule has 0 saturated carbocycles. The molecule has 8 heteroatoms. The number of hydrogen-bond acceptors (Lipinski definition) is 5. The van der Waals surface area contributed by atoms with Gasteiger partial charge in [-0.25, -0.2) is 9.67 Å². The number of piperidine rings is 1. The zero-order valence-electron chi connectivity index (χ0n) is 12.6. The van der Waals surface area contributed by atoms with Crippen LogP contribution in [0.1, 0.15) is 19.3 Å². The number of hydrogen-bond donors (Lipinski definition) is 0. The summed E-state index contributed by atoms with van der Waals surface area (Å²) in [5.74, 6) is 0.403. The standard InChI is InChI=1S/C15H17N5O3/c21-14(18-7-2-1-3-8-18)10-19-11-16-15(17-19)12-5-4-6-13(9-12)20(22)23/h4-6,9,11H,1-3,7-8,10H2. The summed E-state index contributed by atoms with van der Waals surface area (Å²) in [6, 6.07) is 6.14. The van der Waals surface area contributed by atoms with Crippen molar-refractivity contribution in [2.75, 3.05) is 13.1 Å². The summed E-state index contributed by atoms with van der Waals surface area (Å²) >= 11 is 0. The third kappa shape index (κ3) is 3.53. The molecule has 0 spiro atoms. The molecule has 1 aliphatic heterocycles. The minimum atomic E-state index is -0.458. The number of nitro groups is 1. The molecule has 0 bridgehead atoms. The van der Waals surface area contributed by atoms with Crippen LogP contribution in [0.3, 0.4) is 0 Å². The van der Waals surface area contributed by atoms with E-state index in [0.717, 1.165) is 25.9 Å². The number of carbonyl (C=O) groups excluding carboxylic acids is 1. The molecule has 2 heterocycles. The maximum atomic E-state index is 12.2. The number of carbonyl (C=O) groups is 1. The summed E-state index contributed by atoms with van der Waals surface area (Å²) in [6.07, 6.45) is 4.74. The molecule has 1 fully saturated rings. The Balaban J connectivity index is 1.71. The van der Waals surface area contributed by atoms with E-state index in [1.807, 2.05) is 4.90 Å². The maximum absolute atomic E-state index is 12.2. The normalized spacial score (nSPS) is 14.7. The van der Waals surface area contributed by atoms with Crippen molar-refractivity contribution in [3.63, 3.8) is 0 Å². The second kappa shape index (κ2) is 6.55. The number of aromatic nitrogens is 3. The molecule has 120 valence electrons. The van der Waals surface area contributed by atoms with E-state index < -0.39 is 4.92 Å². The molecule has 0 radical (unpaired) electrons. The van der Waals surface area contributed by atoms with Crippen molar-refractivity contribution in [3.8, 4) is 11.4 Å². The van der Waals surface area contributed by atoms with Crippen LogP contribution in [-0.2, 0) is 11.3 Å². The Kier molecular flexibility index (Phi) is 4.31. The zero-order valence-corrected chi connectivity index (χ0v) is 12.6. The molecule has 1 aromatic heterocycles. The molecule has 0 N–H and O–H groups in total. The van der Waals surface area contributed by atoms with Crippen molar-refractivity contribution in [1.29, 1.82) is 0 Å². The van der Waals surface area contributed by atoms with E-state index in [1.165, 1.54) is 29.6 Å². The molecule has 1 amide bonds. The topological polar surface area (TPSA) is 94.2 Å². The maximum Gasteiger partial charge on any atom is 0.270 e. The van der Waals surface area contributed by atoms with Gasteiger partial charge >= 0.3 is 0 Å². The first kappa shape index (κ1) is 15.1. The Morgan fingerprint density at radius 2 is 2.04 bits per heavy atom. The van der Waals surface area contributed by atoms with Gasteiger partial charge in [0, 0.05) is 30.8 Å². The first-order valence-electron chi connectivity index (χ1n) is 7.55. The Morgan fingerprint density at radius 1 is 1.26 bits per heavy atom. The lowest BCUT2D eigenvalue weighted by molar-refractivity contribution is -0.384. The van der Waals surface area contributed by atoms with E-state index in [4.69, 9.17) is 0 Å². The lowest BCUT2D eigenvalue weighted by atomic mass is 10.1. The van der Waals surface area contributed by atoms with Crippen molar-refractivity contribution in [2.45, 2.75) is 25.8 Å². The van der Waals surface area contributed by atoms with Crippen LogP contribution >= 0.6 is 0 Å². The minimum absolute atomic E-state index is 0.0109. The van der Waals surface area contributed by atoms with E-state index in [0.29, 0.717) is 11.4 Å². The summed E-state index contributed by atoms with van der Waals surface area (Å²) in [7, 11) is 0. The highest BCUT2D eigenvalue weighted by molar-refractivity contribution is 5.76. The van der Waals surface area contributed by atoms with Crippen molar-refractivity contribution in [3.05, 3.63) is 40.7 Å². The van der Waals surface area contributed by atoms with Crippen LogP contribution in [0.15, 0.2) is 30.6 Å². The number of non-ortho nitro benzene ring substituents is 1. The highest BCUT2D eigenvalue weighted by Crippen LogP contribution is 2.20. The Bertz CT molecular complexity index is 721. The van der Waals surface area contributed by atoms with Gasteiger partial charge in [0.25, 0.3) is 5.69 Å². The first-order chi connectivity index (χ1) is 11.1. The van der Waals surface area contributed by atoms with E-state index in [9.17, 15) is 14.9 Å². The Labute approximate surface area is 132 Å². The number of likely N-dealkylation sites (tertiary alicyclic amines) is 1. The second-order valence-electron chi connectivity index (χ2n) is 5.51. The molecule has 0 aliphatic carbocycles. The van der Waals surface area contributed by atoms with Crippen LogP contribution in [0.4, 0.5) is 5.69 Å². The zero-order chi connectivity index (χ0) is 16.2. The summed E-state index contributed by atoms with van der Waals surface area (Å²) in [5, 5.41) is 15.1. The summed E-state index contributed by atoms with van der Waals surface area (Å²) in [4.78, 5) is 28.6. The van der Waals surface area contributed by atoms with Crippen LogP contribution in [0.5, 0.6) is 0 Å². The average Bonchev–Trinajstić information content (AvgIpc) is 3.04. The monoisotopic (exact) mass is 315 g/mol. The van der Waals surface area contributed by atoms with E-state index in [-0.39, 0.29) is 18.1 Å². The molecule has 0 unspecified atom stereocenters. The minimum Gasteiger partial charge on any atom is -0.341 e. The summed E-state index contributed by atoms with van der Waals surface area (Å²) < 4.78 is 1.48. The third-order valence-corrected chi connectivity index (χ3v) is 3.86. The van der Waals surface area contributed by atoms with Crippen LogP contribution in [-0.4, -0.2) is 43.6 Å². The van der Waals surface area contributed by atoms with Gasteiger partial charge in [-0.15, -0.1) is 0 Å². The van der Waals surface area contributed by atoms with Gasteiger partial charge in [-0.3, -0.25) is 14.9 Å². The fourth-order valence-corrected chi connectivity index (χ4v) is 2.64. The highest BCUT2D eigenvalue weighted by atomic mass is 16.6. The summed E-state index contributed by atoms with van der Waals surface area (Å²) in [5.41, 5.74) is 0.548. The van der Waals surface area contributed by atoms with Gasteiger partial charge in [-0.05, 0) is 19.3 Å². The van der Waals surface area contributed by atoms with Gasteiger partial charge in [0.2, 0.25) is 5.91 Å².